The molecular formula is C23H30N4O12. The monoisotopic (exact) mass is 554 g/mol. The maximum Gasteiger partial charge on any atom is 0.414 e. The number of esters is 3. The van der Waals surface area contributed by atoms with Gasteiger partial charge in [0.15, 0.2) is 6.10 Å². The van der Waals surface area contributed by atoms with Crippen molar-refractivity contribution >= 4 is 29.7 Å². The highest BCUT2D eigenvalue weighted by Gasteiger charge is 2.48. The van der Waals surface area contributed by atoms with Crippen molar-refractivity contribution in [2.24, 2.45) is 5.11 Å². The van der Waals surface area contributed by atoms with Crippen LogP contribution in [-0.2, 0) is 49.4 Å². The summed E-state index contributed by atoms with van der Waals surface area (Å²) in [7, 11) is 1.12. The highest BCUT2D eigenvalue weighted by molar-refractivity contribution is 5.87. The van der Waals surface area contributed by atoms with Gasteiger partial charge in [0.2, 0.25) is 12.4 Å². The van der Waals surface area contributed by atoms with E-state index in [4.69, 9.17) is 34.0 Å². The lowest BCUT2D eigenvalue weighted by atomic mass is 10.0. The van der Waals surface area contributed by atoms with E-state index >= 15 is 0 Å². The predicted molar refractivity (Wildman–Crippen MR) is 129 cm³/mol. The van der Waals surface area contributed by atoms with Crippen LogP contribution >= 0.6 is 0 Å². The molecule has 16 heteroatoms. The molecule has 2 rings (SSSR count). The maximum atomic E-state index is 12.8. The number of ether oxygens (including phenoxy) is 7. The van der Waals surface area contributed by atoms with E-state index in [-0.39, 0.29) is 50.8 Å². The van der Waals surface area contributed by atoms with Crippen molar-refractivity contribution in [2.45, 2.75) is 51.5 Å². The zero-order chi connectivity index (χ0) is 28.8. The normalized spacial score (nSPS) is 20.1. The van der Waals surface area contributed by atoms with Crippen LogP contribution < -0.4 is 10.1 Å². The summed E-state index contributed by atoms with van der Waals surface area (Å²) >= 11 is 0. The van der Waals surface area contributed by atoms with Crippen molar-refractivity contribution in [3.8, 4) is 5.75 Å². The smallest absolute Gasteiger partial charge is 0.414 e. The number of hydrogen-bond acceptors (Lipinski definition) is 13. The molecule has 2 N–H and O–H groups in total. The van der Waals surface area contributed by atoms with Gasteiger partial charge < -0.3 is 38.3 Å². The average Bonchev–Trinajstić information content (AvgIpc) is 2.89. The number of azide groups is 1. The Hall–Kier alpha value is -4.11. The molecule has 1 fully saturated rings. The molecule has 1 saturated heterocycles. The molecule has 0 spiro atoms. The minimum atomic E-state index is -1.65. The van der Waals surface area contributed by atoms with E-state index in [0.29, 0.717) is 5.56 Å². The molecule has 1 amide bonds. The lowest BCUT2D eigenvalue weighted by molar-refractivity contribution is -0.257. The van der Waals surface area contributed by atoms with Gasteiger partial charge >= 0.3 is 24.0 Å². The summed E-state index contributed by atoms with van der Waals surface area (Å²) in [6.07, 6.45) is -6.79. The summed E-state index contributed by atoms with van der Waals surface area (Å²) in [5, 5.41) is 15.3. The number of hydrogen-bond donors (Lipinski definition) is 2. The largest absolute Gasteiger partial charge is 0.489 e. The summed E-state index contributed by atoms with van der Waals surface area (Å²) in [6, 6.07) is 4.47. The Labute approximate surface area is 223 Å². The first kappa shape index (κ1) is 31.1. The minimum Gasteiger partial charge on any atom is -0.489 e. The number of benzene rings is 1. The van der Waals surface area contributed by atoms with Crippen LogP contribution in [0.3, 0.4) is 0 Å². The molecule has 0 saturated carbocycles. The van der Waals surface area contributed by atoms with Crippen molar-refractivity contribution in [3.05, 3.63) is 34.2 Å². The first-order valence-electron chi connectivity index (χ1n) is 11.7. The molecule has 1 aliphatic rings. The Bertz CT molecular complexity index is 1060. The van der Waals surface area contributed by atoms with Gasteiger partial charge in [-0.25, -0.2) is 9.59 Å². The van der Waals surface area contributed by atoms with E-state index in [9.17, 15) is 24.3 Å². The molecule has 39 heavy (non-hydrogen) atoms. The molecule has 214 valence electrons. The first-order valence-corrected chi connectivity index (χ1v) is 11.7. The second-order valence-corrected chi connectivity index (χ2v) is 7.91. The number of rotatable bonds is 13. The summed E-state index contributed by atoms with van der Waals surface area (Å²) in [4.78, 5) is 50.9. The highest BCUT2D eigenvalue weighted by Crippen LogP contribution is 2.29. The van der Waals surface area contributed by atoms with Gasteiger partial charge in [-0.15, -0.1) is 0 Å². The quantitative estimate of drug-likeness (QED) is 0.0888. The van der Waals surface area contributed by atoms with Gasteiger partial charge in [0.05, 0.1) is 32.6 Å². The van der Waals surface area contributed by atoms with Gasteiger partial charge in [-0.2, -0.15) is 0 Å². The van der Waals surface area contributed by atoms with Gasteiger partial charge in [-0.3, -0.25) is 14.9 Å². The number of nitrogens with zero attached hydrogens (tertiary/aromatic N) is 3. The molecule has 0 radical (unpaired) electrons. The van der Waals surface area contributed by atoms with Crippen molar-refractivity contribution in [3.63, 3.8) is 0 Å². The molecule has 0 bridgehead atoms. The van der Waals surface area contributed by atoms with E-state index < -0.39 is 48.6 Å². The molecule has 1 unspecified atom stereocenters. The Kier molecular flexibility index (Phi) is 12.8. The van der Waals surface area contributed by atoms with E-state index in [1.54, 1.807) is 0 Å². The van der Waals surface area contributed by atoms with Crippen molar-refractivity contribution in [1.29, 1.82) is 0 Å². The van der Waals surface area contributed by atoms with Gasteiger partial charge in [0.1, 0.15) is 18.5 Å². The Morgan fingerprint density at radius 1 is 1.13 bits per heavy atom. The zero-order valence-electron chi connectivity index (χ0n) is 21.6. The molecule has 0 aliphatic carbocycles. The van der Waals surface area contributed by atoms with Crippen LogP contribution in [0, 0.1) is 0 Å². The minimum absolute atomic E-state index is 0.0556. The Balaban J connectivity index is 2.16. The lowest BCUT2D eigenvalue weighted by Gasteiger charge is -2.38. The molecule has 16 nitrogen and oxygen atoms in total. The van der Waals surface area contributed by atoms with Crippen LogP contribution in [0.5, 0.6) is 5.75 Å². The van der Waals surface area contributed by atoms with Crippen LogP contribution in [-0.4, -0.2) is 87.2 Å². The number of aliphatic hydroxyl groups is 1. The van der Waals surface area contributed by atoms with Crippen LogP contribution in [0.25, 0.3) is 10.4 Å². The first-order chi connectivity index (χ1) is 18.7. The van der Waals surface area contributed by atoms with Crippen LogP contribution in [0.1, 0.15) is 25.8 Å². The van der Waals surface area contributed by atoms with E-state index in [1.807, 2.05) is 0 Å². The standard InChI is InChI=1S/C23H30N4O12/c1-13(29)36-18-11-19(21(31)33-3)38-22(20(18)37-14(2)30)39-23(32)26-16-5-4-15(12-28)10-17(16)35-9-8-34-7-6-25-27-24/h4-5,10,18-20,22,28H,6-9,11-12H2,1-3H3,(H,26,32)/t18-,19?,20+,22-/m0/s1. The van der Waals surface area contributed by atoms with Crippen molar-refractivity contribution < 1.29 is 57.4 Å². The van der Waals surface area contributed by atoms with Crippen LogP contribution in [0.15, 0.2) is 23.3 Å². The SMILES string of the molecule is COC(=O)C1C[C@H](OC(C)=O)[C@@H](OC(C)=O)[C@H](OC(=O)Nc2ccc(CO)cc2OCCOCCN=[N+]=[N-])O1. The van der Waals surface area contributed by atoms with Crippen molar-refractivity contribution in [1.82, 2.24) is 0 Å². The highest BCUT2D eigenvalue weighted by atomic mass is 16.7. The van der Waals surface area contributed by atoms with E-state index in [1.165, 1.54) is 18.2 Å². The molecule has 4 atom stereocenters. The van der Waals surface area contributed by atoms with E-state index in [0.717, 1.165) is 21.0 Å². The number of carbonyl (C=O) groups is 4. The Morgan fingerprint density at radius 3 is 2.51 bits per heavy atom. The predicted octanol–water partition coefficient (Wildman–Crippen LogP) is 1.58. The van der Waals surface area contributed by atoms with Gasteiger partial charge in [-0.05, 0) is 23.2 Å². The fourth-order valence-electron chi connectivity index (χ4n) is 3.44. The summed E-state index contributed by atoms with van der Waals surface area (Å²) in [5.41, 5.74) is 8.90. The number of nitrogens with one attached hydrogen (secondary N) is 1. The maximum absolute atomic E-state index is 12.8. The zero-order valence-corrected chi connectivity index (χ0v) is 21.6. The van der Waals surface area contributed by atoms with Gasteiger partial charge in [0.25, 0.3) is 0 Å². The number of carbonyl (C=O) groups excluding carboxylic acids is 4. The molecule has 1 aliphatic heterocycles. The summed E-state index contributed by atoms with van der Waals surface area (Å²) in [5.74, 6) is -2.15. The third kappa shape index (κ3) is 10.3. The summed E-state index contributed by atoms with van der Waals surface area (Å²) < 4.78 is 36.8. The number of methoxy groups -OCH3 is 1. The van der Waals surface area contributed by atoms with Crippen molar-refractivity contribution in [2.75, 3.05) is 38.8 Å². The second-order valence-electron chi connectivity index (χ2n) is 7.91. The second kappa shape index (κ2) is 16.0. The Morgan fingerprint density at radius 2 is 1.87 bits per heavy atom. The topological polar surface area (TPSA) is 214 Å². The number of amides is 1. The third-order valence-corrected chi connectivity index (χ3v) is 5.04. The number of anilines is 1. The molecular weight excluding hydrogens is 524 g/mol. The average molecular weight is 555 g/mol. The third-order valence-electron chi connectivity index (χ3n) is 5.04. The fourth-order valence-corrected chi connectivity index (χ4v) is 3.44. The fraction of sp³-hybridized carbons (Fsp3) is 0.565. The molecule has 0 aromatic heterocycles. The molecule has 1 aromatic carbocycles. The van der Waals surface area contributed by atoms with E-state index in [2.05, 4.69) is 20.1 Å². The lowest BCUT2D eigenvalue weighted by Crippen LogP contribution is -2.55. The summed E-state index contributed by atoms with van der Waals surface area (Å²) in [6.45, 7) is 2.46. The van der Waals surface area contributed by atoms with Crippen LogP contribution in [0.4, 0.5) is 10.5 Å². The molecule has 1 heterocycles. The molecule has 1 aromatic rings. The van der Waals surface area contributed by atoms with Gasteiger partial charge in [0, 0.05) is 31.7 Å². The number of aliphatic hydroxyl groups excluding tert-OH is 1. The van der Waals surface area contributed by atoms with Crippen LogP contribution in [0.2, 0.25) is 0 Å². The van der Waals surface area contributed by atoms with Gasteiger partial charge in [-0.1, -0.05) is 11.2 Å².